The van der Waals surface area contributed by atoms with E-state index in [1.54, 1.807) is 60.7 Å². The van der Waals surface area contributed by atoms with Crippen molar-refractivity contribution in [2.75, 3.05) is 0 Å². The molecule has 45 heavy (non-hydrogen) atoms. The quantitative estimate of drug-likeness (QED) is 0.186. The SMILES string of the molecule is C=CCC(O)c1cnc2c(ccn2S(=O)(=O)c2ccc(C)cc2)n1.Cc1ccc(S(=O)(=O)n2ccc3nc(C=O)cnc32)cc1. The van der Waals surface area contributed by atoms with Crippen LogP contribution < -0.4 is 0 Å². The number of hydrogen-bond donors (Lipinski definition) is 1. The summed E-state index contributed by atoms with van der Waals surface area (Å²) in [5.41, 5.74) is 3.68. The summed E-state index contributed by atoms with van der Waals surface area (Å²) in [7, 11) is -7.48. The Hall–Kier alpha value is -5.05. The van der Waals surface area contributed by atoms with E-state index in [0.717, 1.165) is 19.1 Å². The van der Waals surface area contributed by atoms with E-state index >= 15 is 0 Å². The number of aldehydes is 1. The maximum atomic E-state index is 12.8. The topological polar surface area (TPSA) is 167 Å². The van der Waals surface area contributed by atoms with Gasteiger partial charge in [0, 0.05) is 12.4 Å². The van der Waals surface area contributed by atoms with Gasteiger partial charge in [-0.1, -0.05) is 41.5 Å². The normalized spacial score (nSPS) is 12.4. The van der Waals surface area contributed by atoms with Gasteiger partial charge in [-0.05, 0) is 56.7 Å². The molecule has 230 valence electrons. The van der Waals surface area contributed by atoms with Crippen molar-refractivity contribution >= 4 is 48.7 Å². The molecule has 0 radical (unpaired) electrons. The summed E-state index contributed by atoms with van der Waals surface area (Å²) in [5, 5.41) is 9.95. The van der Waals surface area contributed by atoms with Crippen molar-refractivity contribution in [3.63, 3.8) is 0 Å². The van der Waals surface area contributed by atoms with Crippen LogP contribution in [0.15, 0.2) is 108 Å². The van der Waals surface area contributed by atoms with Crippen LogP contribution >= 0.6 is 0 Å². The summed E-state index contributed by atoms with van der Waals surface area (Å²) in [4.78, 5) is 27.5. The maximum absolute atomic E-state index is 12.8. The number of rotatable bonds is 8. The third kappa shape index (κ3) is 6.29. The van der Waals surface area contributed by atoms with Gasteiger partial charge in [0.25, 0.3) is 20.0 Å². The van der Waals surface area contributed by atoms with E-state index < -0.39 is 26.2 Å². The highest BCUT2D eigenvalue weighted by molar-refractivity contribution is 7.90. The van der Waals surface area contributed by atoms with Crippen molar-refractivity contribution in [2.24, 2.45) is 0 Å². The molecule has 6 rings (SSSR count). The Balaban J connectivity index is 0.000000179. The molecule has 14 heteroatoms. The molecule has 0 saturated carbocycles. The van der Waals surface area contributed by atoms with Crippen LogP contribution in [0.3, 0.4) is 0 Å². The number of carbonyl (C=O) groups excluding carboxylic acids is 1. The second-order valence-corrected chi connectivity index (χ2v) is 13.7. The molecule has 0 aliphatic rings. The Kier molecular flexibility index (Phi) is 8.73. The predicted octanol–water partition coefficient (Wildman–Crippen LogP) is 4.38. The lowest BCUT2D eigenvalue weighted by atomic mass is 10.2. The first-order valence-electron chi connectivity index (χ1n) is 13.5. The summed E-state index contributed by atoms with van der Waals surface area (Å²) in [6, 6.07) is 16.2. The van der Waals surface area contributed by atoms with Gasteiger partial charge < -0.3 is 5.11 Å². The molecule has 0 aliphatic carbocycles. The summed E-state index contributed by atoms with van der Waals surface area (Å²) >= 11 is 0. The van der Waals surface area contributed by atoms with Crippen LogP contribution in [0, 0.1) is 13.8 Å². The predicted molar refractivity (Wildman–Crippen MR) is 168 cm³/mol. The number of aliphatic hydroxyl groups is 1. The molecular weight excluding hydrogens is 617 g/mol. The first-order chi connectivity index (χ1) is 21.4. The number of hydrogen-bond acceptors (Lipinski definition) is 10. The molecule has 6 aromatic rings. The summed E-state index contributed by atoms with van der Waals surface area (Å²) in [6.07, 6.45) is 7.13. The van der Waals surface area contributed by atoms with E-state index in [2.05, 4.69) is 26.5 Å². The molecule has 0 bridgehead atoms. The molecule has 1 unspecified atom stereocenters. The van der Waals surface area contributed by atoms with E-state index in [1.165, 1.54) is 30.9 Å². The monoisotopic (exact) mass is 644 g/mol. The molecule has 0 fully saturated rings. The Morgan fingerprint density at radius 3 is 1.69 bits per heavy atom. The van der Waals surface area contributed by atoms with Crippen molar-refractivity contribution in [3.05, 3.63) is 121 Å². The molecule has 4 aromatic heterocycles. The zero-order chi connectivity index (χ0) is 32.4. The standard InChI is InChI=1S/C17H17N3O3S.C14H11N3O3S/c1-3-4-16(21)15-11-18-17-14(19-15)9-10-20(17)24(22,23)13-7-5-12(2)6-8-13;1-10-2-4-12(5-3-10)21(19,20)17-7-6-13-14(17)15-8-11(9-18)16-13/h3,5-11,16,21H,1,4H2,2H3;2-9H,1H3. The minimum absolute atomic E-state index is 0.160. The van der Waals surface area contributed by atoms with E-state index in [-0.39, 0.29) is 26.8 Å². The molecule has 1 atom stereocenters. The third-order valence-corrected chi connectivity index (χ3v) is 10.1. The van der Waals surface area contributed by atoms with Crippen molar-refractivity contribution in [3.8, 4) is 0 Å². The van der Waals surface area contributed by atoms with Gasteiger partial charge in [-0.3, -0.25) is 4.79 Å². The zero-order valence-corrected chi connectivity index (χ0v) is 25.9. The van der Waals surface area contributed by atoms with Crippen LogP contribution in [-0.2, 0) is 20.0 Å². The van der Waals surface area contributed by atoms with Gasteiger partial charge in [-0.15, -0.1) is 6.58 Å². The highest BCUT2D eigenvalue weighted by atomic mass is 32.2. The lowest BCUT2D eigenvalue weighted by molar-refractivity contribution is 0.111. The minimum atomic E-state index is -3.75. The Bertz CT molecular complexity index is 2240. The number of carbonyl (C=O) groups is 1. The van der Waals surface area contributed by atoms with Crippen molar-refractivity contribution < 1.29 is 26.7 Å². The van der Waals surface area contributed by atoms with Crippen LogP contribution in [0.5, 0.6) is 0 Å². The van der Waals surface area contributed by atoms with Gasteiger partial charge in [0.05, 0.1) is 27.9 Å². The van der Waals surface area contributed by atoms with Crippen molar-refractivity contribution in [1.29, 1.82) is 0 Å². The molecule has 2 aromatic carbocycles. The molecule has 0 aliphatic heterocycles. The summed E-state index contributed by atoms with van der Waals surface area (Å²) in [6.45, 7) is 7.35. The van der Waals surface area contributed by atoms with Crippen LogP contribution in [0.4, 0.5) is 0 Å². The molecule has 0 amide bonds. The smallest absolute Gasteiger partial charge is 0.269 e. The molecule has 0 spiro atoms. The summed E-state index contributed by atoms with van der Waals surface area (Å²) < 4.78 is 52.9. The van der Waals surface area contributed by atoms with Crippen LogP contribution in [0.2, 0.25) is 0 Å². The number of nitrogens with zero attached hydrogens (tertiary/aromatic N) is 6. The fourth-order valence-electron chi connectivity index (χ4n) is 4.34. The second kappa shape index (κ2) is 12.5. The van der Waals surface area contributed by atoms with Crippen molar-refractivity contribution in [2.45, 2.75) is 36.2 Å². The average Bonchev–Trinajstić information content (AvgIpc) is 3.66. The maximum Gasteiger partial charge on any atom is 0.269 e. The Labute approximate surface area is 259 Å². The number of fused-ring (bicyclic) bond motifs is 2. The molecular formula is C31H28N6O6S2. The van der Waals surface area contributed by atoms with E-state index in [9.17, 15) is 26.7 Å². The van der Waals surface area contributed by atoms with Gasteiger partial charge in [0.15, 0.2) is 17.6 Å². The minimum Gasteiger partial charge on any atom is -0.386 e. The fourth-order valence-corrected chi connectivity index (χ4v) is 6.93. The Morgan fingerprint density at radius 2 is 1.22 bits per heavy atom. The third-order valence-electron chi connectivity index (χ3n) is 6.76. The molecule has 4 heterocycles. The van der Waals surface area contributed by atoms with Crippen LogP contribution in [0.25, 0.3) is 22.3 Å². The molecule has 12 nitrogen and oxygen atoms in total. The second-order valence-electron chi connectivity index (χ2n) is 10.0. The lowest BCUT2D eigenvalue weighted by Crippen LogP contribution is -2.13. The van der Waals surface area contributed by atoms with Gasteiger partial charge in [0.2, 0.25) is 0 Å². The van der Waals surface area contributed by atoms with Crippen molar-refractivity contribution in [1.82, 2.24) is 27.9 Å². The first kappa shape index (κ1) is 31.4. The number of aliphatic hydroxyl groups excluding tert-OH is 1. The fraction of sp³-hybridized carbons (Fsp3) is 0.129. The number of benzene rings is 2. The van der Waals surface area contributed by atoms with Gasteiger partial charge in [0.1, 0.15) is 22.8 Å². The van der Waals surface area contributed by atoms with E-state index in [0.29, 0.717) is 29.4 Å². The van der Waals surface area contributed by atoms with Gasteiger partial charge in [-0.25, -0.2) is 44.7 Å². The highest BCUT2D eigenvalue weighted by Crippen LogP contribution is 2.23. The molecule has 1 N–H and O–H groups in total. The van der Waals surface area contributed by atoms with Gasteiger partial charge in [-0.2, -0.15) is 0 Å². The zero-order valence-electron chi connectivity index (χ0n) is 24.2. The lowest BCUT2D eigenvalue weighted by Gasteiger charge is -2.09. The first-order valence-corrected chi connectivity index (χ1v) is 16.4. The Morgan fingerprint density at radius 1 is 0.756 bits per heavy atom. The highest BCUT2D eigenvalue weighted by Gasteiger charge is 2.22. The largest absolute Gasteiger partial charge is 0.386 e. The number of aromatic nitrogens is 6. The van der Waals surface area contributed by atoms with Gasteiger partial charge >= 0.3 is 0 Å². The van der Waals surface area contributed by atoms with E-state index in [4.69, 9.17) is 0 Å². The number of aryl methyl sites for hydroxylation is 2. The van der Waals surface area contributed by atoms with E-state index in [1.807, 2.05) is 13.8 Å². The molecule has 0 saturated heterocycles. The van der Waals surface area contributed by atoms with Crippen LogP contribution in [0.1, 0.15) is 39.8 Å². The van der Waals surface area contributed by atoms with Crippen LogP contribution in [-0.4, -0.2) is 56.1 Å². The average molecular weight is 645 g/mol. The summed E-state index contributed by atoms with van der Waals surface area (Å²) in [5.74, 6) is 0.